The van der Waals surface area contributed by atoms with Crippen LogP contribution < -0.4 is 14.4 Å². The lowest BCUT2D eigenvalue weighted by molar-refractivity contribution is -0.123. The van der Waals surface area contributed by atoms with Crippen LogP contribution in [0.4, 0.5) is 10.2 Å². The number of nitrogens with zero attached hydrogens (tertiary/aromatic N) is 3. The van der Waals surface area contributed by atoms with Crippen molar-refractivity contribution in [3.8, 4) is 11.9 Å². The molecular weight excluding hydrogens is 475 g/mol. The molecule has 186 valence electrons. The molecule has 1 aliphatic heterocycles. The van der Waals surface area contributed by atoms with Gasteiger partial charge in [-0.15, -0.1) is 0 Å². The summed E-state index contributed by atoms with van der Waals surface area (Å²) in [4.78, 5) is 31.2. The summed E-state index contributed by atoms with van der Waals surface area (Å²) in [7, 11) is -2.66. The average molecular weight is 503 g/mol. The molecule has 0 saturated carbocycles. The number of pyridine rings is 1. The van der Waals surface area contributed by atoms with Crippen LogP contribution in [-0.2, 0) is 20.6 Å². The number of Topliss-reactive ketones (excluding diaryl/α,β-unsaturated/α-hetero) is 1. The third-order valence-corrected chi connectivity index (χ3v) is 6.99. The molecule has 0 spiro atoms. The van der Waals surface area contributed by atoms with Crippen LogP contribution in [-0.4, -0.2) is 45.3 Å². The smallest absolute Gasteiger partial charge is 0.239 e. The van der Waals surface area contributed by atoms with Gasteiger partial charge in [-0.05, 0) is 31.4 Å². The molecule has 0 atom stereocenters. The van der Waals surface area contributed by atoms with Crippen LogP contribution in [0.2, 0.25) is 0 Å². The Labute approximate surface area is 204 Å². The highest BCUT2D eigenvalue weighted by Crippen LogP contribution is 2.30. The van der Waals surface area contributed by atoms with E-state index in [0.717, 1.165) is 6.07 Å². The van der Waals surface area contributed by atoms with Crippen molar-refractivity contribution in [3.05, 3.63) is 52.8 Å². The number of nitriles is 1. The third kappa shape index (κ3) is 6.33. The third-order valence-electron chi connectivity index (χ3n) is 5.78. The van der Waals surface area contributed by atoms with E-state index in [0.29, 0.717) is 44.6 Å². The number of hydrogen-bond acceptors (Lipinski definition) is 8. The van der Waals surface area contributed by atoms with E-state index in [4.69, 9.17) is 4.74 Å². The highest BCUT2D eigenvalue weighted by molar-refractivity contribution is 7.89. The van der Waals surface area contributed by atoms with Gasteiger partial charge in [-0.2, -0.15) is 10.2 Å². The summed E-state index contributed by atoms with van der Waals surface area (Å²) in [6.07, 6.45) is 1.61. The number of rotatable bonds is 9. The monoisotopic (exact) mass is 502 g/mol. The molecule has 2 heterocycles. The molecule has 1 aromatic heterocycles. The molecule has 1 aliphatic rings. The minimum absolute atomic E-state index is 0.0208. The SMILES string of the molecule is CCCC(=O)c1cc(C#N)c(N2CCC(C(=O)NS(=O)(=O)Cc3ccccc3F)CC2)nc1OC. The van der Waals surface area contributed by atoms with E-state index < -0.39 is 33.4 Å². The molecule has 0 unspecified atom stereocenters. The molecule has 2 aromatic rings. The molecule has 1 fully saturated rings. The number of methoxy groups -OCH3 is 1. The number of carbonyl (C=O) groups is 2. The topological polar surface area (TPSA) is 129 Å². The predicted octanol–water partition coefficient (Wildman–Crippen LogP) is 2.95. The fourth-order valence-electron chi connectivity index (χ4n) is 3.97. The van der Waals surface area contributed by atoms with E-state index in [1.807, 2.05) is 11.8 Å². The first-order valence-corrected chi connectivity index (χ1v) is 12.9. The van der Waals surface area contributed by atoms with Crippen molar-refractivity contribution in [2.24, 2.45) is 5.92 Å². The molecule has 3 rings (SSSR count). The average Bonchev–Trinajstić information content (AvgIpc) is 2.84. The fraction of sp³-hybridized carbons (Fsp3) is 0.417. The Morgan fingerprint density at radius 2 is 1.97 bits per heavy atom. The van der Waals surface area contributed by atoms with E-state index in [1.54, 1.807) is 0 Å². The summed E-state index contributed by atoms with van der Waals surface area (Å²) in [5, 5.41) is 9.63. The van der Waals surface area contributed by atoms with Crippen LogP contribution >= 0.6 is 0 Å². The van der Waals surface area contributed by atoms with Crippen molar-refractivity contribution >= 4 is 27.5 Å². The van der Waals surface area contributed by atoms with E-state index in [2.05, 4.69) is 15.8 Å². The second-order valence-electron chi connectivity index (χ2n) is 8.28. The maximum Gasteiger partial charge on any atom is 0.239 e. The van der Waals surface area contributed by atoms with E-state index >= 15 is 0 Å². The van der Waals surface area contributed by atoms with Crippen LogP contribution in [0.15, 0.2) is 30.3 Å². The van der Waals surface area contributed by atoms with Gasteiger partial charge < -0.3 is 9.64 Å². The maximum atomic E-state index is 13.8. The number of nitrogens with one attached hydrogen (secondary N) is 1. The summed E-state index contributed by atoms with van der Waals surface area (Å²) < 4.78 is 45.9. The van der Waals surface area contributed by atoms with Crippen molar-refractivity contribution in [2.45, 2.75) is 38.4 Å². The summed E-state index contributed by atoms with van der Waals surface area (Å²) in [6.45, 7) is 2.57. The minimum atomic E-state index is -4.07. The number of ketones is 1. The first kappa shape index (κ1) is 26.1. The largest absolute Gasteiger partial charge is 0.480 e. The molecule has 9 nitrogen and oxygen atoms in total. The lowest BCUT2D eigenvalue weighted by Crippen LogP contribution is -2.43. The van der Waals surface area contributed by atoms with E-state index in [-0.39, 0.29) is 28.4 Å². The number of carbonyl (C=O) groups excluding carboxylic acids is 2. The zero-order valence-corrected chi connectivity index (χ0v) is 20.4. The zero-order chi connectivity index (χ0) is 25.6. The van der Waals surface area contributed by atoms with Gasteiger partial charge in [0.25, 0.3) is 0 Å². The standard InChI is InChI=1S/C24H27FN4O5S/c1-3-6-21(30)19-13-18(14-26)22(27-24(19)34-2)29-11-9-16(10-12-29)23(31)28-35(32,33)15-17-7-4-5-8-20(17)25/h4-5,7-8,13,16H,3,6,9-12,15H2,1-2H3,(H,28,31). The number of hydrogen-bond donors (Lipinski definition) is 1. The minimum Gasteiger partial charge on any atom is -0.480 e. The highest BCUT2D eigenvalue weighted by atomic mass is 32.2. The molecule has 11 heteroatoms. The fourth-order valence-corrected chi connectivity index (χ4v) is 5.16. The molecule has 0 radical (unpaired) electrons. The Morgan fingerprint density at radius 1 is 1.29 bits per heavy atom. The number of aromatic nitrogens is 1. The first-order valence-electron chi connectivity index (χ1n) is 11.2. The quantitative estimate of drug-likeness (QED) is 0.518. The van der Waals surface area contributed by atoms with Crippen LogP contribution in [0, 0.1) is 23.1 Å². The van der Waals surface area contributed by atoms with Gasteiger partial charge in [0.1, 0.15) is 11.9 Å². The van der Waals surface area contributed by atoms with Crippen molar-refractivity contribution in [1.29, 1.82) is 5.26 Å². The van der Waals surface area contributed by atoms with Gasteiger partial charge in [0, 0.05) is 31.0 Å². The van der Waals surface area contributed by atoms with Crippen molar-refractivity contribution in [2.75, 3.05) is 25.1 Å². The van der Waals surface area contributed by atoms with Crippen LogP contribution in [0.3, 0.4) is 0 Å². The predicted molar refractivity (Wildman–Crippen MR) is 127 cm³/mol. The van der Waals surface area contributed by atoms with Gasteiger partial charge in [0.15, 0.2) is 11.6 Å². The normalized spacial score (nSPS) is 14.3. The second kappa shape index (κ2) is 11.3. The number of piperidine rings is 1. The summed E-state index contributed by atoms with van der Waals surface area (Å²) in [6, 6.07) is 9.05. The Bertz CT molecular complexity index is 1250. The van der Waals surface area contributed by atoms with Gasteiger partial charge in [-0.25, -0.2) is 12.8 Å². The number of sulfonamides is 1. The Balaban J connectivity index is 1.68. The zero-order valence-electron chi connectivity index (χ0n) is 19.6. The summed E-state index contributed by atoms with van der Waals surface area (Å²) in [5.74, 6) is -2.18. The summed E-state index contributed by atoms with van der Waals surface area (Å²) >= 11 is 0. The Hall–Kier alpha value is -3.52. The van der Waals surface area contributed by atoms with E-state index in [9.17, 15) is 27.7 Å². The second-order valence-corrected chi connectivity index (χ2v) is 10.0. The first-order chi connectivity index (χ1) is 16.7. The van der Waals surface area contributed by atoms with Gasteiger partial charge in [-0.3, -0.25) is 14.3 Å². The number of benzene rings is 1. The molecular formula is C24H27FN4O5S. The van der Waals surface area contributed by atoms with Crippen molar-refractivity contribution < 1.29 is 27.1 Å². The Kier molecular flexibility index (Phi) is 8.40. The van der Waals surface area contributed by atoms with Crippen molar-refractivity contribution in [1.82, 2.24) is 9.71 Å². The molecule has 0 aliphatic carbocycles. The summed E-state index contributed by atoms with van der Waals surface area (Å²) in [5.41, 5.74) is 0.456. The van der Waals surface area contributed by atoms with Crippen LogP contribution in [0.5, 0.6) is 5.88 Å². The van der Waals surface area contributed by atoms with Gasteiger partial charge in [0.2, 0.25) is 21.8 Å². The molecule has 1 N–H and O–H groups in total. The maximum absolute atomic E-state index is 13.8. The molecule has 1 saturated heterocycles. The Morgan fingerprint density at radius 3 is 2.57 bits per heavy atom. The van der Waals surface area contributed by atoms with Gasteiger partial charge in [0.05, 0.1) is 24.0 Å². The molecule has 1 aromatic carbocycles. The lowest BCUT2D eigenvalue weighted by atomic mass is 9.96. The number of amides is 1. The molecule has 1 amide bonds. The van der Waals surface area contributed by atoms with Crippen molar-refractivity contribution in [3.63, 3.8) is 0 Å². The number of ether oxygens (including phenoxy) is 1. The van der Waals surface area contributed by atoms with Gasteiger partial charge >= 0.3 is 0 Å². The van der Waals surface area contributed by atoms with E-state index in [1.165, 1.54) is 31.4 Å². The van der Waals surface area contributed by atoms with Crippen LogP contribution in [0.1, 0.15) is 54.1 Å². The number of anilines is 1. The molecule has 0 bridgehead atoms. The number of halogens is 1. The lowest BCUT2D eigenvalue weighted by Gasteiger charge is -2.32. The van der Waals surface area contributed by atoms with Crippen LogP contribution in [0.25, 0.3) is 0 Å². The highest BCUT2D eigenvalue weighted by Gasteiger charge is 2.30. The molecule has 35 heavy (non-hydrogen) atoms. The van der Waals surface area contributed by atoms with Gasteiger partial charge in [-0.1, -0.05) is 25.1 Å².